The highest BCUT2D eigenvalue weighted by atomic mass is 16.5. The minimum absolute atomic E-state index is 0.0262. The van der Waals surface area contributed by atoms with Crippen molar-refractivity contribution in [3.8, 4) is 5.75 Å². The maximum atomic E-state index is 11.8. The van der Waals surface area contributed by atoms with E-state index in [1.807, 2.05) is 64.2 Å². The SMILES string of the molecule is CC.CNC.COc1ccccc1CNc1ncc2c(n1)N(C)CC(=O)N2C. The second kappa shape index (κ2) is 11.8. The molecule has 1 aliphatic heterocycles. The van der Waals surface area contributed by atoms with Gasteiger partial charge in [-0.25, -0.2) is 4.98 Å². The first-order valence-corrected chi connectivity index (χ1v) is 9.30. The van der Waals surface area contributed by atoms with Gasteiger partial charge in [-0.15, -0.1) is 0 Å². The lowest BCUT2D eigenvalue weighted by Gasteiger charge is -2.31. The van der Waals surface area contributed by atoms with E-state index in [2.05, 4.69) is 20.6 Å². The fraction of sp³-hybridized carbons (Fsp3) is 0.450. The van der Waals surface area contributed by atoms with E-state index in [0.717, 1.165) is 17.1 Å². The van der Waals surface area contributed by atoms with Crippen LogP contribution in [0.5, 0.6) is 5.75 Å². The van der Waals surface area contributed by atoms with Crippen LogP contribution in [0.2, 0.25) is 0 Å². The van der Waals surface area contributed by atoms with Crippen LogP contribution in [0, 0.1) is 0 Å². The van der Waals surface area contributed by atoms with Crippen LogP contribution in [-0.2, 0) is 11.3 Å². The van der Waals surface area contributed by atoms with E-state index in [1.54, 1.807) is 25.3 Å². The Morgan fingerprint density at radius 1 is 1.18 bits per heavy atom. The lowest BCUT2D eigenvalue weighted by atomic mass is 10.2. The van der Waals surface area contributed by atoms with Gasteiger partial charge in [-0.05, 0) is 20.2 Å². The molecule has 0 atom stereocenters. The van der Waals surface area contributed by atoms with E-state index in [4.69, 9.17) is 4.74 Å². The number of amides is 1. The van der Waals surface area contributed by atoms with Crippen LogP contribution in [0.4, 0.5) is 17.5 Å². The predicted octanol–water partition coefficient (Wildman–Crippen LogP) is 2.37. The number of aromatic nitrogens is 2. The van der Waals surface area contributed by atoms with E-state index in [9.17, 15) is 4.79 Å². The molecule has 0 radical (unpaired) electrons. The summed E-state index contributed by atoms with van der Waals surface area (Å²) in [5.41, 5.74) is 1.74. The number of para-hydroxylation sites is 1. The number of anilines is 3. The standard InChI is InChI=1S/C16H19N5O2.C2H7N.C2H6/c1-20-10-14(22)21(2)12-9-18-16(19-15(12)20)17-8-11-6-4-5-7-13(11)23-3;1-3-2;1-2/h4-7,9H,8,10H2,1-3H3,(H,17,18,19);3H,1-2H3;1-2H3. The third-order valence-electron chi connectivity index (χ3n) is 3.85. The highest BCUT2D eigenvalue weighted by molar-refractivity contribution is 6.01. The van der Waals surface area contributed by atoms with Gasteiger partial charge >= 0.3 is 0 Å². The molecule has 8 heteroatoms. The van der Waals surface area contributed by atoms with Crippen molar-refractivity contribution in [1.82, 2.24) is 15.3 Å². The summed E-state index contributed by atoms with van der Waals surface area (Å²) in [7, 11) is 8.98. The van der Waals surface area contributed by atoms with Crippen LogP contribution in [0.3, 0.4) is 0 Å². The van der Waals surface area contributed by atoms with Crippen LogP contribution in [0.25, 0.3) is 0 Å². The van der Waals surface area contributed by atoms with Crippen molar-refractivity contribution in [2.24, 2.45) is 0 Å². The predicted molar refractivity (Wildman–Crippen MR) is 115 cm³/mol. The van der Waals surface area contributed by atoms with E-state index in [-0.39, 0.29) is 5.91 Å². The van der Waals surface area contributed by atoms with E-state index in [1.165, 1.54) is 0 Å². The van der Waals surface area contributed by atoms with E-state index >= 15 is 0 Å². The normalized spacial score (nSPS) is 12.2. The molecule has 1 aromatic heterocycles. The highest BCUT2D eigenvalue weighted by Crippen LogP contribution is 2.30. The molecule has 28 heavy (non-hydrogen) atoms. The molecular weight excluding hydrogens is 356 g/mol. The first-order chi connectivity index (χ1) is 13.5. The molecule has 2 N–H and O–H groups in total. The second-order valence-electron chi connectivity index (χ2n) is 5.88. The van der Waals surface area contributed by atoms with Crippen molar-refractivity contribution in [1.29, 1.82) is 0 Å². The van der Waals surface area contributed by atoms with Gasteiger partial charge < -0.3 is 25.2 Å². The van der Waals surface area contributed by atoms with Crippen molar-refractivity contribution in [3.05, 3.63) is 36.0 Å². The number of methoxy groups -OCH3 is 1. The zero-order chi connectivity index (χ0) is 21.1. The molecule has 0 saturated heterocycles. The quantitative estimate of drug-likeness (QED) is 0.832. The van der Waals surface area contributed by atoms with Crippen LogP contribution < -0.4 is 25.2 Å². The summed E-state index contributed by atoms with van der Waals surface area (Å²) in [5, 5.41) is 5.95. The van der Waals surface area contributed by atoms with Crippen LogP contribution in [-0.4, -0.2) is 57.7 Å². The topological polar surface area (TPSA) is 82.6 Å². The number of hydrogen-bond acceptors (Lipinski definition) is 7. The number of likely N-dealkylation sites (N-methyl/N-ethyl adjacent to an activating group) is 2. The van der Waals surface area contributed by atoms with Crippen molar-refractivity contribution in [3.63, 3.8) is 0 Å². The van der Waals surface area contributed by atoms with Gasteiger partial charge in [-0.1, -0.05) is 32.0 Å². The van der Waals surface area contributed by atoms with E-state index < -0.39 is 0 Å². The fourth-order valence-corrected chi connectivity index (χ4v) is 2.51. The molecule has 8 nitrogen and oxygen atoms in total. The Kier molecular flexibility index (Phi) is 9.73. The Bertz CT molecular complexity index is 753. The zero-order valence-electron chi connectivity index (χ0n) is 17.9. The maximum absolute atomic E-state index is 11.8. The molecule has 2 heterocycles. The summed E-state index contributed by atoms with van der Waals surface area (Å²) < 4.78 is 5.33. The number of nitrogens with zero attached hydrogens (tertiary/aromatic N) is 4. The van der Waals surface area contributed by atoms with Gasteiger partial charge in [-0.2, -0.15) is 4.98 Å². The Morgan fingerprint density at radius 2 is 1.82 bits per heavy atom. The molecule has 0 spiro atoms. The molecule has 0 bridgehead atoms. The van der Waals surface area contributed by atoms with Crippen molar-refractivity contribution >= 4 is 23.4 Å². The molecule has 0 aliphatic carbocycles. The van der Waals surface area contributed by atoms with Gasteiger partial charge in [0.05, 0.1) is 19.9 Å². The number of ether oxygens (including phenoxy) is 1. The molecule has 1 aromatic carbocycles. The number of carbonyl (C=O) groups excluding carboxylic acids is 1. The van der Waals surface area contributed by atoms with Crippen molar-refractivity contribution < 1.29 is 9.53 Å². The van der Waals surface area contributed by atoms with Crippen LogP contribution in [0.15, 0.2) is 30.5 Å². The first kappa shape index (κ1) is 23.2. The Balaban J connectivity index is 0.000000717. The first-order valence-electron chi connectivity index (χ1n) is 9.30. The van der Waals surface area contributed by atoms with Crippen molar-refractivity contribution in [2.45, 2.75) is 20.4 Å². The number of nitrogens with one attached hydrogen (secondary N) is 2. The summed E-state index contributed by atoms with van der Waals surface area (Å²) in [5.74, 6) is 2.10. The number of benzene rings is 1. The molecule has 0 saturated carbocycles. The molecule has 3 rings (SSSR count). The average Bonchev–Trinajstić information content (AvgIpc) is 2.72. The minimum atomic E-state index is 0.0262. The minimum Gasteiger partial charge on any atom is -0.496 e. The summed E-state index contributed by atoms with van der Waals surface area (Å²) in [6.45, 7) is 4.87. The van der Waals surface area contributed by atoms with Crippen molar-refractivity contribution in [2.75, 3.05) is 57.0 Å². The highest BCUT2D eigenvalue weighted by Gasteiger charge is 2.26. The number of rotatable bonds is 4. The van der Waals surface area contributed by atoms with E-state index in [0.29, 0.717) is 24.7 Å². The Labute approximate surface area is 167 Å². The van der Waals surface area contributed by atoms with Crippen LogP contribution in [0.1, 0.15) is 19.4 Å². The Morgan fingerprint density at radius 3 is 2.46 bits per heavy atom. The zero-order valence-corrected chi connectivity index (χ0v) is 17.9. The van der Waals surface area contributed by atoms with Gasteiger partial charge in [0.1, 0.15) is 11.4 Å². The lowest BCUT2D eigenvalue weighted by Crippen LogP contribution is -2.42. The second-order valence-corrected chi connectivity index (χ2v) is 5.88. The molecule has 154 valence electrons. The summed E-state index contributed by atoms with van der Waals surface area (Å²) in [6.07, 6.45) is 1.67. The van der Waals surface area contributed by atoms with Gasteiger partial charge in [0.2, 0.25) is 11.9 Å². The van der Waals surface area contributed by atoms with Gasteiger partial charge in [0.15, 0.2) is 5.82 Å². The summed E-state index contributed by atoms with van der Waals surface area (Å²) in [4.78, 5) is 24.1. The van der Waals surface area contributed by atoms with Gasteiger partial charge in [0.25, 0.3) is 0 Å². The molecular formula is C20H32N6O2. The Hall–Kier alpha value is -2.87. The summed E-state index contributed by atoms with van der Waals surface area (Å²) in [6, 6.07) is 7.79. The number of hydrogen-bond donors (Lipinski definition) is 2. The molecule has 0 unspecified atom stereocenters. The molecule has 0 fully saturated rings. The summed E-state index contributed by atoms with van der Waals surface area (Å²) >= 11 is 0. The molecule has 1 aliphatic rings. The average molecular weight is 389 g/mol. The van der Waals surface area contributed by atoms with Gasteiger partial charge in [0, 0.05) is 26.2 Å². The molecule has 2 aromatic rings. The molecule has 1 amide bonds. The number of fused-ring (bicyclic) bond motifs is 1. The third kappa shape index (κ3) is 5.82. The number of carbonyl (C=O) groups is 1. The maximum Gasteiger partial charge on any atom is 0.246 e. The smallest absolute Gasteiger partial charge is 0.246 e. The third-order valence-corrected chi connectivity index (χ3v) is 3.85. The monoisotopic (exact) mass is 388 g/mol. The van der Waals surface area contributed by atoms with Gasteiger partial charge in [-0.3, -0.25) is 4.79 Å². The van der Waals surface area contributed by atoms with Crippen LogP contribution >= 0.6 is 0 Å². The largest absolute Gasteiger partial charge is 0.496 e. The fourth-order valence-electron chi connectivity index (χ4n) is 2.51. The lowest BCUT2D eigenvalue weighted by molar-refractivity contribution is -0.117.